The van der Waals surface area contributed by atoms with E-state index in [0.29, 0.717) is 0 Å². The molecule has 0 amide bonds. The zero-order chi connectivity index (χ0) is 14.2. The molecule has 0 aliphatic carbocycles. The summed E-state index contributed by atoms with van der Waals surface area (Å²) in [5.41, 5.74) is 0. The lowest BCUT2D eigenvalue weighted by atomic mass is 10.4. The molecule has 0 saturated heterocycles. The molecule has 0 saturated carbocycles. The van der Waals surface area contributed by atoms with Crippen molar-refractivity contribution < 1.29 is 0 Å². The van der Waals surface area contributed by atoms with Crippen molar-refractivity contribution in [1.29, 1.82) is 0 Å². The predicted molar refractivity (Wildman–Crippen MR) is 90.0 cm³/mol. The Morgan fingerprint density at radius 1 is 0.900 bits per heavy atom. The Morgan fingerprint density at radius 3 is 1.80 bits per heavy atom. The summed E-state index contributed by atoms with van der Waals surface area (Å²) in [6.07, 6.45) is 7.77. The number of hydrogen-bond acceptors (Lipinski definition) is 0. The Hall–Kier alpha value is -1.73. The number of hydrogen-bond donors (Lipinski definition) is 0. The molecule has 20 heavy (non-hydrogen) atoms. The van der Waals surface area contributed by atoms with Gasteiger partial charge in [0.05, 0.1) is 10.9 Å². The van der Waals surface area contributed by atoms with Gasteiger partial charge in [-0.3, -0.25) is 0 Å². The fourth-order valence-electron chi connectivity index (χ4n) is 2.11. The van der Waals surface area contributed by atoms with Gasteiger partial charge in [0.15, 0.2) is 14.7 Å². The molecular formula is C19H21S+. The van der Waals surface area contributed by atoms with Crippen LogP contribution in [-0.2, 0) is 10.9 Å². The van der Waals surface area contributed by atoms with Gasteiger partial charge in [-0.2, -0.15) is 0 Å². The average molecular weight is 281 g/mol. The normalized spacial score (nSPS) is 12.2. The third-order valence-electron chi connectivity index (χ3n) is 2.93. The zero-order valence-electron chi connectivity index (χ0n) is 12.1. The Kier molecular flexibility index (Phi) is 5.69. The van der Waals surface area contributed by atoms with Crippen LogP contribution < -0.4 is 0 Å². The first-order valence-corrected chi connectivity index (χ1v) is 8.26. The first kappa shape index (κ1) is 14.7. The smallest absolute Gasteiger partial charge is 0.0827 e. The van der Waals surface area contributed by atoms with Gasteiger partial charge < -0.3 is 0 Å². The van der Waals surface area contributed by atoms with Gasteiger partial charge in [-0.05, 0) is 49.8 Å². The SMILES string of the molecule is C/C=C\C(=C/CC)[S+](c1ccccc1)c1ccccc1. The van der Waals surface area contributed by atoms with E-state index in [4.69, 9.17) is 0 Å². The summed E-state index contributed by atoms with van der Waals surface area (Å²) in [7, 11) is -0.0145. The van der Waals surface area contributed by atoms with E-state index in [1.807, 2.05) is 0 Å². The molecule has 0 aliphatic heterocycles. The minimum atomic E-state index is -0.0145. The highest BCUT2D eigenvalue weighted by Crippen LogP contribution is 2.31. The lowest BCUT2D eigenvalue weighted by molar-refractivity contribution is 1.22. The van der Waals surface area contributed by atoms with Crippen molar-refractivity contribution in [3.63, 3.8) is 0 Å². The largest absolute Gasteiger partial charge is 0.166 e. The maximum atomic E-state index is 2.34. The van der Waals surface area contributed by atoms with Crippen molar-refractivity contribution in [3.05, 3.63) is 83.8 Å². The highest BCUT2D eigenvalue weighted by molar-refractivity contribution is 8.00. The van der Waals surface area contributed by atoms with Crippen LogP contribution in [0.25, 0.3) is 0 Å². The van der Waals surface area contributed by atoms with E-state index in [1.54, 1.807) is 0 Å². The van der Waals surface area contributed by atoms with E-state index in [0.717, 1.165) is 6.42 Å². The number of rotatable bonds is 5. The molecule has 0 bridgehead atoms. The van der Waals surface area contributed by atoms with Crippen LogP contribution in [0.4, 0.5) is 0 Å². The Labute approximate surface area is 125 Å². The summed E-state index contributed by atoms with van der Waals surface area (Å²) in [5.74, 6) is 0. The Morgan fingerprint density at radius 2 is 1.40 bits per heavy atom. The zero-order valence-corrected chi connectivity index (χ0v) is 12.9. The fourth-order valence-corrected chi connectivity index (χ4v) is 4.39. The minimum absolute atomic E-state index is 0.0145. The average Bonchev–Trinajstić information content (AvgIpc) is 2.50. The van der Waals surface area contributed by atoms with E-state index in [1.165, 1.54) is 14.7 Å². The van der Waals surface area contributed by atoms with Gasteiger partial charge in [0.25, 0.3) is 0 Å². The monoisotopic (exact) mass is 281 g/mol. The van der Waals surface area contributed by atoms with Gasteiger partial charge in [0.1, 0.15) is 0 Å². The molecule has 0 unspecified atom stereocenters. The number of benzene rings is 2. The molecular weight excluding hydrogens is 260 g/mol. The first-order chi connectivity index (χ1) is 9.86. The first-order valence-electron chi connectivity index (χ1n) is 7.04. The predicted octanol–water partition coefficient (Wildman–Crippen LogP) is 5.59. The molecule has 0 nitrogen and oxygen atoms in total. The van der Waals surface area contributed by atoms with Crippen molar-refractivity contribution in [1.82, 2.24) is 0 Å². The van der Waals surface area contributed by atoms with Gasteiger partial charge >= 0.3 is 0 Å². The van der Waals surface area contributed by atoms with Crippen molar-refractivity contribution >= 4 is 10.9 Å². The van der Waals surface area contributed by atoms with Crippen LogP contribution in [0.2, 0.25) is 0 Å². The lowest BCUT2D eigenvalue weighted by Crippen LogP contribution is -2.05. The van der Waals surface area contributed by atoms with E-state index in [9.17, 15) is 0 Å². The molecule has 0 aromatic heterocycles. The van der Waals surface area contributed by atoms with E-state index in [-0.39, 0.29) is 10.9 Å². The second-order valence-electron chi connectivity index (χ2n) is 4.45. The summed E-state index contributed by atoms with van der Waals surface area (Å²) in [6, 6.07) is 21.5. The third kappa shape index (κ3) is 3.64. The molecule has 102 valence electrons. The fraction of sp³-hybridized carbons (Fsp3) is 0.158. The van der Waals surface area contributed by atoms with E-state index >= 15 is 0 Å². The van der Waals surface area contributed by atoms with Gasteiger partial charge in [0.2, 0.25) is 0 Å². The molecule has 0 N–H and O–H groups in total. The quantitative estimate of drug-likeness (QED) is 0.495. The van der Waals surface area contributed by atoms with Crippen molar-refractivity contribution in [2.45, 2.75) is 30.1 Å². The maximum Gasteiger partial charge on any atom is 0.166 e. The Balaban J connectivity index is 2.52. The molecule has 0 radical (unpaired) electrons. The summed E-state index contributed by atoms with van der Waals surface area (Å²) < 4.78 is 0. The third-order valence-corrected chi connectivity index (χ3v) is 5.19. The van der Waals surface area contributed by atoms with Crippen LogP contribution in [0, 0.1) is 0 Å². The number of allylic oxidation sites excluding steroid dienone is 3. The highest BCUT2D eigenvalue weighted by Gasteiger charge is 2.28. The molecule has 2 aromatic rings. The van der Waals surface area contributed by atoms with Crippen LogP contribution in [0.1, 0.15) is 20.3 Å². The minimum Gasteiger partial charge on any atom is -0.0827 e. The molecule has 2 rings (SSSR count). The van der Waals surface area contributed by atoms with Crippen LogP contribution in [-0.4, -0.2) is 0 Å². The van der Waals surface area contributed by atoms with E-state index in [2.05, 4.69) is 92.7 Å². The molecule has 0 spiro atoms. The van der Waals surface area contributed by atoms with Crippen molar-refractivity contribution in [3.8, 4) is 0 Å². The van der Waals surface area contributed by atoms with Crippen molar-refractivity contribution in [2.24, 2.45) is 0 Å². The highest BCUT2D eigenvalue weighted by atomic mass is 32.2. The molecule has 0 atom stereocenters. The van der Waals surface area contributed by atoms with Crippen LogP contribution in [0.15, 0.2) is 93.6 Å². The molecule has 1 heteroatoms. The van der Waals surface area contributed by atoms with Crippen LogP contribution >= 0.6 is 0 Å². The maximum absolute atomic E-state index is 2.34. The molecule has 0 aliphatic rings. The lowest BCUT2D eigenvalue weighted by Gasteiger charge is -2.08. The van der Waals surface area contributed by atoms with Gasteiger partial charge in [-0.15, -0.1) is 0 Å². The standard InChI is InChI=1S/C19H21S/c1-3-11-17(12-4-2)20(18-13-7-5-8-14-18)19-15-9-6-10-16-19/h3,5-16H,4H2,1-2H3/q+1/b11-3-,17-12+. The topological polar surface area (TPSA) is 0 Å². The van der Waals surface area contributed by atoms with Gasteiger partial charge in [-0.25, -0.2) is 0 Å². The van der Waals surface area contributed by atoms with Gasteiger partial charge in [-0.1, -0.05) is 49.4 Å². The summed E-state index contributed by atoms with van der Waals surface area (Å²) in [6.45, 7) is 4.28. The summed E-state index contributed by atoms with van der Waals surface area (Å²) in [5, 5.41) is 0. The molecule has 0 fully saturated rings. The summed E-state index contributed by atoms with van der Waals surface area (Å²) in [4.78, 5) is 4.14. The second-order valence-corrected chi connectivity index (χ2v) is 6.47. The van der Waals surface area contributed by atoms with Crippen LogP contribution in [0.3, 0.4) is 0 Å². The van der Waals surface area contributed by atoms with Gasteiger partial charge in [0, 0.05) is 0 Å². The van der Waals surface area contributed by atoms with E-state index < -0.39 is 0 Å². The Bertz CT molecular complexity index is 528. The van der Waals surface area contributed by atoms with Crippen molar-refractivity contribution in [2.75, 3.05) is 0 Å². The van der Waals surface area contributed by atoms with Crippen LogP contribution in [0.5, 0.6) is 0 Å². The molecule has 2 aromatic carbocycles. The summed E-state index contributed by atoms with van der Waals surface area (Å²) >= 11 is 0. The molecule has 0 heterocycles. The second kappa shape index (κ2) is 7.76.